The first-order chi connectivity index (χ1) is 36.2. The number of allylic oxidation sites excluding steroid dienone is 8. The molecule has 4 aliphatic rings. The lowest BCUT2D eigenvalue weighted by molar-refractivity contribution is -0.142. The number of hydroxylamine groups is 1. The molecule has 0 aromatic heterocycles. The van der Waals surface area contributed by atoms with Crippen LogP contribution in [0.4, 0.5) is 17.1 Å². The Morgan fingerprint density at radius 1 is 0.853 bits per heavy atom. The summed E-state index contributed by atoms with van der Waals surface area (Å²) in [7, 11) is 7.22. The van der Waals surface area contributed by atoms with E-state index in [0.717, 1.165) is 22.5 Å². The smallest absolute Gasteiger partial charge is 0.327 e. The fraction of sp³-hybridized carbons (Fsp3) is 0.345. The van der Waals surface area contributed by atoms with Crippen molar-refractivity contribution in [1.29, 1.82) is 0 Å². The van der Waals surface area contributed by atoms with Crippen LogP contribution in [-0.4, -0.2) is 114 Å². The molecule has 2 saturated heterocycles. The molecule has 18 nitrogen and oxygen atoms in total. The quantitative estimate of drug-likeness (QED) is 0.0443. The average Bonchev–Trinajstić information content (AvgIpc) is 3.86. The van der Waals surface area contributed by atoms with Gasteiger partial charge in [-0.05, 0) is 79.3 Å². The van der Waals surface area contributed by atoms with E-state index in [4.69, 9.17) is 28.8 Å². The summed E-state index contributed by atoms with van der Waals surface area (Å²) in [4.78, 5) is 78.9. The molecule has 0 saturated carbocycles. The summed E-state index contributed by atoms with van der Waals surface area (Å²) >= 11 is 0. The Morgan fingerprint density at radius 3 is 2.11 bits per heavy atom. The van der Waals surface area contributed by atoms with Crippen LogP contribution in [0.2, 0.25) is 0 Å². The third kappa shape index (κ3) is 13.2. The maximum atomic E-state index is 14.2. The van der Waals surface area contributed by atoms with Crippen molar-refractivity contribution >= 4 is 74.5 Å². The Hall–Kier alpha value is -7.26. The average molecular weight is 1060 g/mol. The highest BCUT2D eigenvalue weighted by molar-refractivity contribution is 8.76. The molecule has 0 spiro atoms. The monoisotopic (exact) mass is 1060 g/mol. The number of carbonyl (C=O) groups is 5. The number of carbonyl (C=O) groups excluding carboxylic acids is 4. The molecule has 2 fully saturated rings. The van der Waals surface area contributed by atoms with E-state index in [1.807, 2.05) is 56.0 Å². The molecule has 4 heterocycles. The zero-order chi connectivity index (χ0) is 53.8. The normalized spacial score (nSPS) is 19.5. The molecule has 396 valence electrons. The highest BCUT2D eigenvalue weighted by atomic mass is 33.1. The van der Waals surface area contributed by atoms with Gasteiger partial charge in [-0.2, -0.15) is 0 Å². The summed E-state index contributed by atoms with van der Waals surface area (Å²) in [5.74, 6) is -0.812. The molecule has 0 aliphatic carbocycles. The van der Waals surface area contributed by atoms with Crippen LogP contribution in [0.3, 0.4) is 0 Å². The number of fused-ring (bicyclic) bond motifs is 4. The number of ether oxygens (including phenoxy) is 4. The number of carboxylic acid groups (broad SMARTS) is 1. The number of amides is 4. The van der Waals surface area contributed by atoms with Crippen molar-refractivity contribution in [3.63, 3.8) is 0 Å². The summed E-state index contributed by atoms with van der Waals surface area (Å²) in [6.45, 7) is 13.7. The van der Waals surface area contributed by atoms with Crippen LogP contribution >= 0.6 is 21.6 Å². The van der Waals surface area contributed by atoms with Gasteiger partial charge in [0, 0.05) is 72.9 Å². The maximum absolute atomic E-state index is 14.2. The molecule has 5 N–H and O–H groups in total. The van der Waals surface area contributed by atoms with Crippen LogP contribution in [0, 0.1) is 0 Å². The van der Waals surface area contributed by atoms with E-state index < -0.39 is 17.9 Å². The number of benzene rings is 3. The fourth-order valence-electron chi connectivity index (χ4n) is 9.22. The predicted octanol–water partition coefficient (Wildman–Crippen LogP) is 8.67. The Balaban J connectivity index is 1.09. The fourth-order valence-corrected chi connectivity index (χ4v) is 11.7. The highest BCUT2D eigenvalue weighted by Crippen LogP contribution is 2.44. The Morgan fingerprint density at radius 2 is 1.48 bits per heavy atom. The lowest BCUT2D eigenvalue weighted by atomic mass is 10.1. The van der Waals surface area contributed by atoms with E-state index in [2.05, 4.69) is 34.6 Å². The minimum atomic E-state index is -1.17. The first-order valence-corrected chi connectivity index (χ1v) is 26.8. The summed E-state index contributed by atoms with van der Waals surface area (Å²) < 4.78 is 24.5. The lowest BCUT2D eigenvalue weighted by Gasteiger charge is -2.23. The number of aliphatic imine (C=N–C) groups is 1. The van der Waals surface area contributed by atoms with Crippen molar-refractivity contribution in [3.8, 4) is 23.0 Å². The van der Waals surface area contributed by atoms with Gasteiger partial charge in [-0.25, -0.2) is 10.3 Å². The number of aliphatic carboxylic acids is 1. The highest BCUT2D eigenvalue weighted by Gasteiger charge is 2.40. The van der Waals surface area contributed by atoms with Gasteiger partial charge >= 0.3 is 5.97 Å². The summed E-state index contributed by atoms with van der Waals surface area (Å²) in [6.07, 6.45) is 14.8. The second kappa shape index (κ2) is 25.8. The molecule has 3 aromatic carbocycles. The molecule has 4 aliphatic heterocycles. The van der Waals surface area contributed by atoms with E-state index in [0.29, 0.717) is 88.1 Å². The van der Waals surface area contributed by atoms with Gasteiger partial charge in [0.15, 0.2) is 23.0 Å². The van der Waals surface area contributed by atoms with Crippen molar-refractivity contribution in [3.05, 3.63) is 137 Å². The van der Waals surface area contributed by atoms with Crippen LogP contribution in [-0.2, 0) is 32.4 Å². The van der Waals surface area contributed by atoms with Gasteiger partial charge in [0.2, 0.25) is 11.8 Å². The van der Waals surface area contributed by atoms with Crippen molar-refractivity contribution in [2.75, 3.05) is 50.8 Å². The van der Waals surface area contributed by atoms with Gasteiger partial charge in [0.05, 0.1) is 48.8 Å². The molecular weight excluding hydrogens is 999 g/mol. The minimum absolute atomic E-state index is 0.0195. The van der Waals surface area contributed by atoms with Crippen LogP contribution in [0.25, 0.3) is 0 Å². The molecule has 3 aromatic rings. The van der Waals surface area contributed by atoms with Gasteiger partial charge in [0.25, 0.3) is 11.8 Å². The molecule has 75 heavy (non-hydrogen) atoms. The SMILES string of the molecule is C=C/C=C1/CC2CNc3cc(OCc4cc(COc5cc6c(cc5OC)C(=O)N5C(=C/C)/C(=C\C=C)C[C@H]5C=N6)cc(NC(=O)CCC(C)SSCC(NC(=O)CONC)C(=O)O)c4)c(OC)cc3C(=O)N2/C1=C/C. The number of hydrogen-bond acceptors (Lipinski definition) is 15. The van der Waals surface area contributed by atoms with Gasteiger partial charge in [0.1, 0.15) is 25.9 Å². The number of hydrogen-bond donors (Lipinski definition) is 5. The number of nitrogens with one attached hydrogen (secondary N) is 4. The second-order valence-corrected chi connectivity index (χ2v) is 20.6. The third-order valence-corrected chi connectivity index (χ3v) is 15.7. The zero-order valence-corrected chi connectivity index (χ0v) is 44.5. The molecule has 7 rings (SSSR count). The van der Waals surface area contributed by atoms with Gasteiger partial charge in [-0.15, -0.1) is 0 Å². The molecule has 20 heteroatoms. The van der Waals surface area contributed by atoms with E-state index in [1.54, 1.807) is 59.7 Å². The predicted molar refractivity (Wildman–Crippen MR) is 293 cm³/mol. The van der Waals surface area contributed by atoms with Crippen molar-refractivity contribution < 1.29 is 52.9 Å². The number of nitrogens with zero attached hydrogens (tertiary/aromatic N) is 3. The van der Waals surface area contributed by atoms with Crippen LogP contribution < -0.4 is 40.4 Å². The van der Waals surface area contributed by atoms with Gasteiger partial charge in [-0.3, -0.25) is 33.9 Å². The lowest BCUT2D eigenvalue weighted by Crippen LogP contribution is -2.44. The van der Waals surface area contributed by atoms with Crippen molar-refractivity contribution in [2.45, 2.75) is 83.0 Å². The van der Waals surface area contributed by atoms with E-state index in [1.165, 1.54) is 42.9 Å². The first-order valence-electron chi connectivity index (χ1n) is 24.4. The molecule has 3 unspecified atom stereocenters. The number of carboxylic acids is 1. The summed E-state index contributed by atoms with van der Waals surface area (Å²) in [6, 6.07) is 10.8. The second-order valence-electron chi connectivity index (χ2n) is 17.8. The Kier molecular flexibility index (Phi) is 19.1. The minimum Gasteiger partial charge on any atom is -0.493 e. The molecule has 0 radical (unpaired) electrons. The van der Waals surface area contributed by atoms with Gasteiger partial charge < -0.3 is 44.9 Å². The standard InChI is InChI=1S/C55H63N7O11S2/c1-9-13-35-20-38-26-57-42-24-49(47(69-7)22-40(42)53(65)61(38)45(35)11-3)71-28-33-17-34(19-37(18-33)59-51(63)16-15-32(5)75-74-31-44(55(67)68)60-52(64)30-73-56-6)29-72-50-25-43-41(23-48(50)70-8)54(66)62-39(27-58-43)21-36(14-10-2)46(62)12-4/h9-14,17-19,22-26,32,38-39,44,56,58H,1-2,15-16,20-21,27-31H2,3-8H3,(H,59,63)(H,60,64)(H,67,68)/b35-13-,36-14-,45-11+,46-12+/t32?,38-,39?,44?/m0/s1. The Bertz CT molecular complexity index is 2880. The van der Waals surface area contributed by atoms with Crippen LogP contribution in [0.5, 0.6) is 23.0 Å². The third-order valence-electron chi connectivity index (χ3n) is 12.7. The molecular formula is C55H63N7O11S2. The van der Waals surface area contributed by atoms with Crippen LogP contribution in [0.15, 0.2) is 120 Å². The van der Waals surface area contributed by atoms with Crippen molar-refractivity contribution in [1.82, 2.24) is 20.6 Å². The van der Waals surface area contributed by atoms with Gasteiger partial charge in [-0.1, -0.05) is 78.1 Å². The number of anilines is 2. The Labute approximate surface area is 444 Å². The first kappa shape index (κ1) is 55.5. The van der Waals surface area contributed by atoms with Crippen LogP contribution in [0.1, 0.15) is 78.3 Å². The number of methoxy groups -OCH3 is 2. The maximum Gasteiger partial charge on any atom is 0.327 e. The molecule has 0 bridgehead atoms. The van der Waals surface area contributed by atoms with E-state index >= 15 is 0 Å². The van der Waals surface area contributed by atoms with Crippen molar-refractivity contribution in [2.24, 2.45) is 4.99 Å². The van der Waals surface area contributed by atoms with E-state index in [-0.39, 0.29) is 67.0 Å². The summed E-state index contributed by atoms with van der Waals surface area (Å²) in [5, 5.41) is 18.5. The largest absolute Gasteiger partial charge is 0.493 e. The summed E-state index contributed by atoms with van der Waals surface area (Å²) in [5.41, 5.74) is 9.75. The topological polar surface area (TPSA) is 219 Å². The molecule has 4 amide bonds. The van der Waals surface area contributed by atoms with E-state index in [9.17, 15) is 29.1 Å². The number of rotatable bonds is 23. The molecule has 4 atom stereocenters. The zero-order valence-electron chi connectivity index (χ0n) is 42.9.